The van der Waals surface area contributed by atoms with Gasteiger partial charge in [-0.2, -0.15) is 0 Å². The normalized spacial score (nSPS) is 26.6. The number of rotatable bonds is 1. The number of hydrogen-bond acceptors (Lipinski definition) is 5. The monoisotopic (exact) mass is 537 g/mol. The molecule has 3 aromatic rings. The van der Waals surface area contributed by atoms with Gasteiger partial charge in [0, 0.05) is 60.1 Å². The number of nitrogens with one attached hydrogen (secondary N) is 1. The third-order valence-electron chi connectivity index (χ3n) is 9.51. The number of nitrogens with zero attached hydrogens (tertiary/aromatic N) is 4. The second kappa shape index (κ2) is 9.41. The summed E-state index contributed by atoms with van der Waals surface area (Å²) in [4.78, 5) is 52.7. The Balaban J connectivity index is 1.25. The molecule has 206 valence electrons. The molecular formula is C32H35N5O3. The Labute approximate surface area is 234 Å². The molecule has 3 fully saturated rings. The first-order valence-electron chi connectivity index (χ1n) is 14.5. The summed E-state index contributed by atoms with van der Waals surface area (Å²) >= 11 is 0. The van der Waals surface area contributed by atoms with E-state index in [4.69, 9.17) is 0 Å². The van der Waals surface area contributed by atoms with E-state index in [0.717, 1.165) is 52.8 Å². The lowest BCUT2D eigenvalue weighted by Gasteiger charge is -2.38. The van der Waals surface area contributed by atoms with Crippen LogP contribution < -0.4 is 10.2 Å². The second-order valence-electron chi connectivity index (χ2n) is 11.8. The van der Waals surface area contributed by atoms with Gasteiger partial charge in [0.25, 0.3) is 11.8 Å². The van der Waals surface area contributed by atoms with Gasteiger partial charge in [-0.25, -0.2) is 0 Å². The molecule has 7 rings (SSSR count). The van der Waals surface area contributed by atoms with Crippen LogP contribution in [-0.2, 0) is 15.1 Å². The molecule has 0 saturated carbocycles. The van der Waals surface area contributed by atoms with E-state index in [-0.39, 0.29) is 23.8 Å². The Morgan fingerprint density at radius 1 is 1.00 bits per heavy atom. The molecule has 1 spiro atoms. The van der Waals surface area contributed by atoms with Crippen LogP contribution in [0.15, 0.2) is 48.5 Å². The lowest BCUT2D eigenvalue weighted by Crippen LogP contribution is -2.57. The van der Waals surface area contributed by atoms with Crippen molar-refractivity contribution in [2.45, 2.75) is 51.1 Å². The molecule has 3 saturated heterocycles. The van der Waals surface area contributed by atoms with Crippen molar-refractivity contribution in [3.8, 4) is 0 Å². The number of carbonyl (C=O) groups is 3. The minimum absolute atomic E-state index is 0.0212. The lowest BCUT2D eigenvalue weighted by atomic mass is 9.78. The second-order valence-corrected chi connectivity index (χ2v) is 11.8. The minimum atomic E-state index is -0.963. The number of amides is 3. The number of fused-ring (bicyclic) bond motifs is 5. The number of hydrogen-bond donors (Lipinski definition) is 1. The summed E-state index contributed by atoms with van der Waals surface area (Å²) in [5, 5.41) is 4.18. The number of para-hydroxylation sites is 1. The van der Waals surface area contributed by atoms with E-state index < -0.39 is 11.5 Å². The predicted octanol–water partition coefficient (Wildman–Crippen LogP) is 3.54. The molecule has 0 unspecified atom stereocenters. The molecule has 8 nitrogen and oxygen atoms in total. The molecule has 3 amide bonds. The van der Waals surface area contributed by atoms with Crippen molar-refractivity contribution < 1.29 is 14.4 Å². The highest BCUT2D eigenvalue weighted by Crippen LogP contribution is 2.57. The average Bonchev–Trinajstić information content (AvgIpc) is 3.60. The molecule has 3 atom stereocenters. The van der Waals surface area contributed by atoms with Crippen LogP contribution in [0.2, 0.25) is 0 Å². The molecule has 4 aliphatic rings. The van der Waals surface area contributed by atoms with Crippen LogP contribution in [0.5, 0.6) is 0 Å². The maximum Gasteiger partial charge on any atom is 0.253 e. The summed E-state index contributed by atoms with van der Waals surface area (Å²) in [5.41, 5.74) is 4.29. The van der Waals surface area contributed by atoms with Crippen molar-refractivity contribution in [1.29, 1.82) is 0 Å². The van der Waals surface area contributed by atoms with Gasteiger partial charge in [0.1, 0.15) is 5.54 Å². The first kappa shape index (κ1) is 25.2. The smallest absolute Gasteiger partial charge is 0.253 e. The predicted molar refractivity (Wildman–Crippen MR) is 153 cm³/mol. The summed E-state index contributed by atoms with van der Waals surface area (Å²) < 4.78 is 0. The fraction of sp³-hybridized carbons (Fsp3) is 0.438. The van der Waals surface area contributed by atoms with E-state index in [0.29, 0.717) is 44.6 Å². The van der Waals surface area contributed by atoms with Gasteiger partial charge in [0.15, 0.2) is 0 Å². The van der Waals surface area contributed by atoms with Gasteiger partial charge in [-0.1, -0.05) is 24.3 Å². The highest BCUT2D eigenvalue weighted by atomic mass is 16.2. The van der Waals surface area contributed by atoms with Crippen LogP contribution in [0.3, 0.4) is 0 Å². The third-order valence-corrected chi connectivity index (χ3v) is 9.51. The standard InChI is InChI=1S/C32H35N5O3/c1-20-17-21(2)34-27-18-22(10-11-24(20)27)30(39)35-13-6-12-33-29(38)26-19-23-7-5-14-37(23)32(26)25-8-3-4-9-28(25)36(16-15-35)31(32)40/h3-4,8-11,17-18,23,26H,5-7,12-16,19H2,1-2H3,(H,33,38)/t23-,26+,32+/m0/s1. The van der Waals surface area contributed by atoms with E-state index in [2.05, 4.69) is 22.1 Å². The summed E-state index contributed by atoms with van der Waals surface area (Å²) in [6.45, 7) is 6.60. The van der Waals surface area contributed by atoms with Crippen LogP contribution in [0, 0.1) is 19.8 Å². The molecule has 0 aliphatic carbocycles. The molecule has 0 radical (unpaired) electrons. The lowest BCUT2D eigenvalue weighted by molar-refractivity contribution is -0.139. The van der Waals surface area contributed by atoms with Gasteiger partial charge in [0.2, 0.25) is 5.91 Å². The molecule has 4 aliphatic heterocycles. The summed E-state index contributed by atoms with van der Waals surface area (Å²) in [5.74, 6) is -0.568. The number of anilines is 1. The Kier molecular flexibility index (Phi) is 5.93. The van der Waals surface area contributed by atoms with E-state index in [9.17, 15) is 14.4 Å². The van der Waals surface area contributed by atoms with Gasteiger partial charge in [-0.15, -0.1) is 0 Å². The maximum absolute atomic E-state index is 14.5. The van der Waals surface area contributed by atoms with Crippen LogP contribution in [0.4, 0.5) is 5.69 Å². The van der Waals surface area contributed by atoms with E-state index in [1.807, 2.05) is 65.3 Å². The van der Waals surface area contributed by atoms with Gasteiger partial charge in [-0.3, -0.25) is 24.3 Å². The maximum atomic E-state index is 14.5. The summed E-state index contributed by atoms with van der Waals surface area (Å²) in [6, 6.07) is 16.0. The number of benzene rings is 2. The van der Waals surface area contributed by atoms with E-state index >= 15 is 0 Å². The molecule has 8 heteroatoms. The summed E-state index contributed by atoms with van der Waals surface area (Å²) in [7, 11) is 0. The molecule has 1 N–H and O–H groups in total. The largest absolute Gasteiger partial charge is 0.356 e. The molecule has 1 aromatic heterocycles. The van der Waals surface area contributed by atoms with Crippen molar-refractivity contribution in [2.75, 3.05) is 37.6 Å². The fourth-order valence-corrected chi connectivity index (χ4v) is 7.81. The molecule has 2 aromatic carbocycles. The SMILES string of the molecule is Cc1cc(C)c2ccc(C(=O)N3CCCNC(=O)[C@H]4C[C@@H]5CCCN5[C@@]45C(=O)N(CC3)c3ccccc35)cc2n1. The fourth-order valence-electron chi connectivity index (χ4n) is 7.81. The Hall–Kier alpha value is -3.78. The first-order chi connectivity index (χ1) is 19.4. The highest BCUT2D eigenvalue weighted by Gasteiger charge is 2.67. The zero-order valence-corrected chi connectivity index (χ0v) is 23.2. The minimum Gasteiger partial charge on any atom is -0.356 e. The quantitative estimate of drug-likeness (QED) is 0.513. The average molecular weight is 538 g/mol. The van der Waals surface area contributed by atoms with Crippen molar-refractivity contribution in [3.05, 3.63) is 70.9 Å². The third kappa shape index (κ3) is 3.61. The Bertz CT molecular complexity index is 1550. The molecular weight excluding hydrogens is 502 g/mol. The molecule has 40 heavy (non-hydrogen) atoms. The molecule has 5 heterocycles. The highest BCUT2D eigenvalue weighted by molar-refractivity contribution is 6.11. The van der Waals surface area contributed by atoms with Crippen molar-refractivity contribution in [1.82, 2.24) is 20.1 Å². The van der Waals surface area contributed by atoms with Gasteiger partial charge in [-0.05, 0) is 75.9 Å². The van der Waals surface area contributed by atoms with Gasteiger partial charge < -0.3 is 15.1 Å². The zero-order chi connectivity index (χ0) is 27.6. The number of aryl methyl sites for hydroxylation is 2. The zero-order valence-electron chi connectivity index (χ0n) is 23.2. The van der Waals surface area contributed by atoms with Gasteiger partial charge >= 0.3 is 0 Å². The Morgan fingerprint density at radius 3 is 2.73 bits per heavy atom. The van der Waals surface area contributed by atoms with Crippen molar-refractivity contribution in [3.63, 3.8) is 0 Å². The Morgan fingerprint density at radius 2 is 1.85 bits per heavy atom. The summed E-state index contributed by atoms with van der Waals surface area (Å²) in [6.07, 6.45) is 3.41. The van der Waals surface area contributed by atoms with Crippen LogP contribution in [-0.4, -0.2) is 71.3 Å². The van der Waals surface area contributed by atoms with E-state index in [1.54, 1.807) is 0 Å². The van der Waals surface area contributed by atoms with Crippen molar-refractivity contribution in [2.24, 2.45) is 5.92 Å². The first-order valence-corrected chi connectivity index (χ1v) is 14.5. The van der Waals surface area contributed by atoms with Gasteiger partial charge in [0.05, 0.1) is 11.4 Å². The van der Waals surface area contributed by atoms with Crippen LogP contribution in [0.25, 0.3) is 10.9 Å². The molecule has 2 bridgehead atoms. The van der Waals surface area contributed by atoms with E-state index in [1.165, 1.54) is 0 Å². The number of aromatic nitrogens is 1. The van der Waals surface area contributed by atoms with Crippen LogP contribution >= 0.6 is 0 Å². The van der Waals surface area contributed by atoms with Crippen molar-refractivity contribution >= 4 is 34.3 Å². The topological polar surface area (TPSA) is 85.8 Å². The number of carbonyl (C=O) groups excluding carboxylic acids is 3. The number of pyridine rings is 1. The van der Waals surface area contributed by atoms with Crippen LogP contribution in [0.1, 0.15) is 52.9 Å².